The Morgan fingerprint density at radius 2 is 2.00 bits per heavy atom. The van der Waals surface area contributed by atoms with Crippen LogP contribution in [0.3, 0.4) is 0 Å². The molecule has 1 aromatic carbocycles. The lowest BCUT2D eigenvalue weighted by molar-refractivity contribution is -0.135. The number of hydrogen-bond acceptors (Lipinski definition) is 3. The lowest BCUT2D eigenvalue weighted by Crippen LogP contribution is -2.45. The highest BCUT2D eigenvalue weighted by Crippen LogP contribution is 2.32. The molecule has 1 saturated heterocycles. The van der Waals surface area contributed by atoms with E-state index in [9.17, 15) is 14.4 Å². The highest BCUT2D eigenvalue weighted by molar-refractivity contribution is 6.09. The summed E-state index contributed by atoms with van der Waals surface area (Å²) in [6, 6.07) is 8.64. The van der Waals surface area contributed by atoms with Crippen LogP contribution >= 0.6 is 0 Å². The molecule has 23 heavy (non-hydrogen) atoms. The SMILES string of the molecule is CCC1(c2ccccc2)NC(=O)N(CC(=O)NCC2CC2)C1=O. The molecule has 4 amide bonds. The predicted molar refractivity (Wildman–Crippen MR) is 84.4 cm³/mol. The van der Waals surface area contributed by atoms with E-state index >= 15 is 0 Å². The van der Waals surface area contributed by atoms with Gasteiger partial charge in [0.1, 0.15) is 12.1 Å². The molecular formula is C17H21N3O3. The highest BCUT2D eigenvalue weighted by Gasteiger charge is 2.51. The fraction of sp³-hybridized carbons (Fsp3) is 0.471. The van der Waals surface area contributed by atoms with Crippen molar-refractivity contribution in [1.82, 2.24) is 15.5 Å². The van der Waals surface area contributed by atoms with Crippen LogP contribution in [0.15, 0.2) is 30.3 Å². The topological polar surface area (TPSA) is 78.5 Å². The van der Waals surface area contributed by atoms with Crippen molar-refractivity contribution in [3.8, 4) is 0 Å². The molecule has 1 saturated carbocycles. The zero-order valence-corrected chi connectivity index (χ0v) is 13.2. The third kappa shape index (κ3) is 2.93. The monoisotopic (exact) mass is 315 g/mol. The van der Waals surface area contributed by atoms with Gasteiger partial charge in [-0.3, -0.25) is 14.5 Å². The Morgan fingerprint density at radius 3 is 2.61 bits per heavy atom. The second-order valence-electron chi connectivity index (χ2n) is 6.19. The normalized spacial score (nSPS) is 23.8. The van der Waals surface area contributed by atoms with E-state index in [1.165, 1.54) is 0 Å². The number of hydrogen-bond donors (Lipinski definition) is 2. The van der Waals surface area contributed by atoms with Crippen LogP contribution in [0.4, 0.5) is 4.79 Å². The Balaban J connectivity index is 1.74. The summed E-state index contributed by atoms with van der Waals surface area (Å²) in [5, 5.41) is 5.56. The van der Waals surface area contributed by atoms with Gasteiger partial charge in [0.05, 0.1) is 0 Å². The first-order valence-corrected chi connectivity index (χ1v) is 8.03. The van der Waals surface area contributed by atoms with Crippen molar-refractivity contribution in [3.63, 3.8) is 0 Å². The van der Waals surface area contributed by atoms with E-state index in [2.05, 4.69) is 10.6 Å². The summed E-state index contributed by atoms with van der Waals surface area (Å²) in [6.45, 7) is 2.24. The molecule has 1 atom stereocenters. The van der Waals surface area contributed by atoms with Crippen molar-refractivity contribution in [2.45, 2.75) is 31.7 Å². The summed E-state index contributed by atoms with van der Waals surface area (Å²) in [5.74, 6) is -0.0979. The second-order valence-corrected chi connectivity index (χ2v) is 6.19. The number of imide groups is 1. The minimum absolute atomic E-state index is 0.230. The molecule has 0 bridgehead atoms. The maximum absolute atomic E-state index is 12.8. The zero-order valence-electron chi connectivity index (χ0n) is 13.2. The molecule has 6 heteroatoms. The Hall–Kier alpha value is -2.37. The van der Waals surface area contributed by atoms with Gasteiger partial charge in [-0.25, -0.2) is 4.79 Å². The van der Waals surface area contributed by atoms with Crippen molar-refractivity contribution in [2.24, 2.45) is 5.92 Å². The number of carbonyl (C=O) groups excluding carboxylic acids is 3. The molecule has 0 aromatic heterocycles. The van der Waals surface area contributed by atoms with Crippen molar-refractivity contribution < 1.29 is 14.4 Å². The van der Waals surface area contributed by atoms with Gasteiger partial charge >= 0.3 is 6.03 Å². The van der Waals surface area contributed by atoms with Gasteiger partial charge in [0.15, 0.2) is 0 Å². The number of amides is 4. The number of carbonyl (C=O) groups is 3. The van der Waals surface area contributed by atoms with Crippen molar-refractivity contribution >= 4 is 17.8 Å². The lowest BCUT2D eigenvalue weighted by atomic mass is 9.87. The molecule has 1 aliphatic heterocycles. The average molecular weight is 315 g/mol. The third-order valence-corrected chi connectivity index (χ3v) is 4.56. The van der Waals surface area contributed by atoms with Crippen LogP contribution in [0.5, 0.6) is 0 Å². The lowest BCUT2D eigenvalue weighted by Gasteiger charge is -2.25. The van der Waals surface area contributed by atoms with Gasteiger partial charge in [0, 0.05) is 6.54 Å². The molecule has 1 aliphatic carbocycles. The van der Waals surface area contributed by atoms with Crippen LogP contribution in [0, 0.1) is 5.92 Å². The number of rotatable bonds is 6. The Morgan fingerprint density at radius 1 is 1.30 bits per heavy atom. The molecule has 1 heterocycles. The number of nitrogens with one attached hydrogen (secondary N) is 2. The number of benzene rings is 1. The van der Waals surface area contributed by atoms with Gasteiger partial charge in [0.25, 0.3) is 5.91 Å². The molecule has 1 aromatic rings. The Kier molecular flexibility index (Phi) is 4.07. The van der Waals surface area contributed by atoms with Crippen LogP contribution in [-0.2, 0) is 15.1 Å². The van der Waals surface area contributed by atoms with Crippen LogP contribution in [0.25, 0.3) is 0 Å². The van der Waals surface area contributed by atoms with Gasteiger partial charge in [-0.1, -0.05) is 37.3 Å². The first kappa shape index (κ1) is 15.5. The quantitative estimate of drug-likeness (QED) is 0.778. The first-order chi connectivity index (χ1) is 11.1. The molecule has 3 rings (SSSR count). The first-order valence-electron chi connectivity index (χ1n) is 8.03. The molecule has 0 spiro atoms. The highest BCUT2D eigenvalue weighted by atomic mass is 16.2. The van der Waals surface area contributed by atoms with Gasteiger partial charge in [-0.2, -0.15) is 0 Å². The second kappa shape index (κ2) is 6.02. The summed E-state index contributed by atoms with van der Waals surface area (Å²) in [7, 11) is 0. The van der Waals surface area contributed by atoms with E-state index in [0.29, 0.717) is 18.9 Å². The smallest absolute Gasteiger partial charge is 0.325 e. The predicted octanol–water partition coefficient (Wildman–Crippen LogP) is 1.37. The molecule has 122 valence electrons. The van der Waals surface area contributed by atoms with E-state index in [4.69, 9.17) is 0 Å². The minimum Gasteiger partial charge on any atom is -0.354 e. The van der Waals surface area contributed by atoms with Gasteiger partial charge in [0.2, 0.25) is 5.91 Å². The molecule has 2 fully saturated rings. The zero-order chi connectivity index (χ0) is 16.4. The van der Waals surface area contributed by atoms with Crippen LogP contribution in [-0.4, -0.2) is 35.8 Å². The molecular weight excluding hydrogens is 294 g/mol. The summed E-state index contributed by atoms with van der Waals surface area (Å²) in [6.07, 6.45) is 2.70. The van der Waals surface area contributed by atoms with Crippen LogP contribution in [0.1, 0.15) is 31.7 Å². The van der Waals surface area contributed by atoms with Crippen molar-refractivity contribution in [1.29, 1.82) is 0 Å². The summed E-state index contributed by atoms with van der Waals surface area (Å²) in [5.41, 5.74) is -0.337. The average Bonchev–Trinajstić information content (AvgIpc) is 3.36. The van der Waals surface area contributed by atoms with Gasteiger partial charge in [-0.15, -0.1) is 0 Å². The Bertz CT molecular complexity index is 627. The maximum atomic E-state index is 12.8. The third-order valence-electron chi connectivity index (χ3n) is 4.56. The standard InChI is InChI=1S/C17H21N3O3/c1-2-17(13-6-4-3-5-7-13)15(22)20(16(23)19-17)11-14(21)18-10-12-8-9-12/h3-7,12H,2,8-11H2,1H3,(H,18,21)(H,19,23). The van der Waals surface area contributed by atoms with Gasteiger partial charge < -0.3 is 10.6 Å². The van der Waals surface area contributed by atoms with Crippen LogP contribution < -0.4 is 10.6 Å². The molecule has 6 nitrogen and oxygen atoms in total. The van der Waals surface area contributed by atoms with E-state index in [0.717, 1.165) is 23.3 Å². The summed E-state index contributed by atoms with van der Waals surface area (Å²) < 4.78 is 0. The van der Waals surface area contributed by atoms with Gasteiger partial charge in [-0.05, 0) is 30.7 Å². The summed E-state index contributed by atoms with van der Waals surface area (Å²) in [4.78, 5) is 38.0. The number of nitrogens with zero attached hydrogens (tertiary/aromatic N) is 1. The maximum Gasteiger partial charge on any atom is 0.325 e. The fourth-order valence-corrected chi connectivity index (χ4v) is 2.91. The molecule has 0 radical (unpaired) electrons. The van der Waals surface area contributed by atoms with Crippen LogP contribution in [0.2, 0.25) is 0 Å². The fourth-order valence-electron chi connectivity index (χ4n) is 2.91. The Labute approximate surface area is 135 Å². The van der Waals surface area contributed by atoms with E-state index < -0.39 is 11.6 Å². The largest absolute Gasteiger partial charge is 0.354 e. The van der Waals surface area contributed by atoms with Crippen molar-refractivity contribution in [2.75, 3.05) is 13.1 Å². The minimum atomic E-state index is -1.07. The van der Waals surface area contributed by atoms with Crippen molar-refractivity contribution in [3.05, 3.63) is 35.9 Å². The van der Waals surface area contributed by atoms with E-state index in [1.54, 1.807) is 0 Å². The van der Waals surface area contributed by atoms with E-state index in [-0.39, 0.29) is 18.4 Å². The molecule has 1 unspecified atom stereocenters. The summed E-state index contributed by atoms with van der Waals surface area (Å²) >= 11 is 0. The van der Waals surface area contributed by atoms with E-state index in [1.807, 2.05) is 37.3 Å². The molecule has 2 aliphatic rings. The molecule has 2 N–H and O–H groups in total. The number of urea groups is 1.